The van der Waals surface area contributed by atoms with Crippen LogP contribution in [0.4, 0.5) is 5.69 Å². The van der Waals surface area contributed by atoms with Crippen molar-refractivity contribution in [3.8, 4) is 5.75 Å². The van der Waals surface area contributed by atoms with Crippen LogP contribution in [0.5, 0.6) is 5.75 Å². The molecule has 2 amide bonds. The average molecular weight is 726 g/mol. The molecule has 7 rings (SSSR count). The summed E-state index contributed by atoms with van der Waals surface area (Å²) in [5, 5.41) is 0.721. The molecular formula is C38H48ClN3O7S. The van der Waals surface area contributed by atoms with Crippen molar-refractivity contribution in [3.05, 3.63) is 64.7 Å². The molecule has 12 heteroatoms. The SMILES string of the molecule is CO[C@@H]1/C=C/C[C@H](C)[C@@H](CC(=O)N2CCOCC2)C(=O)NS(=O)(=O)c2ccc3c(c2)N(C[C@@H]2CC[C@H]21)C[C@@]1(CCCc2cc(Cl)ccc21)CO3. The van der Waals surface area contributed by atoms with E-state index in [1.165, 1.54) is 17.2 Å². The molecule has 0 radical (unpaired) electrons. The Balaban J connectivity index is 1.26. The first kappa shape index (κ1) is 35.3. The number of anilines is 1. The summed E-state index contributed by atoms with van der Waals surface area (Å²) in [6.45, 7) is 5.52. The topological polar surface area (TPSA) is 114 Å². The Morgan fingerprint density at radius 2 is 1.96 bits per heavy atom. The molecule has 1 saturated carbocycles. The number of hydrogen-bond donors (Lipinski definition) is 1. The highest BCUT2D eigenvalue weighted by molar-refractivity contribution is 7.90. The van der Waals surface area contributed by atoms with Crippen molar-refractivity contribution in [1.82, 2.24) is 9.62 Å². The monoisotopic (exact) mass is 725 g/mol. The van der Waals surface area contributed by atoms with E-state index in [1.807, 2.05) is 19.1 Å². The van der Waals surface area contributed by atoms with Crippen molar-refractivity contribution in [3.63, 3.8) is 0 Å². The maximum Gasteiger partial charge on any atom is 0.264 e. The summed E-state index contributed by atoms with van der Waals surface area (Å²) < 4.78 is 48.4. The molecule has 2 aromatic rings. The molecule has 1 spiro atoms. The number of ether oxygens (including phenoxy) is 3. The second-order valence-electron chi connectivity index (χ2n) is 14.9. The van der Waals surface area contributed by atoms with Crippen molar-refractivity contribution in [2.45, 2.75) is 68.3 Å². The highest BCUT2D eigenvalue weighted by Gasteiger charge is 2.45. The lowest BCUT2D eigenvalue weighted by atomic mass is 9.68. The van der Waals surface area contributed by atoms with Crippen LogP contribution in [0, 0.1) is 23.7 Å². The summed E-state index contributed by atoms with van der Waals surface area (Å²) in [6.07, 6.45) is 9.41. The van der Waals surface area contributed by atoms with Gasteiger partial charge in [-0.3, -0.25) is 9.59 Å². The molecule has 5 aliphatic rings. The van der Waals surface area contributed by atoms with Gasteiger partial charge in [0.25, 0.3) is 10.0 Å². The number of rotatable bonds is 3. The first-order valence-corrected chi connectivity index (χ1v) is 19.9. The van der Waals surface area contributed by atoms with Crippen LogP contribution in [-0.4, -0.2) is 84.3 Å². The van der Waals surface area contributed by atoms with E-state index in [2.05, 4.69) is 27.8 Å². The maximum absolute atomic E-state index is 14.0. The number of benzene rings is 2. The van der Waals surface area contributed by atoms with Gasteiger partial charge in [-0.25, -0.2) is 13.1 Å². The number of hydrogen-bond acceptors (Lipinski definition) is 8. The van der Waals surface area contributed by atoms with Crippen molar-refractivity contribution >= 4 is 39.1 Å². The molecule has 2 aliphatic carbocycles. The van der Waals surface area contributed by atoms with Gasteiger partial charge in [0, 0.05) is 50.1 Å². The number of carbonyl (C=O) groups excluding carboxylic acids is 2. The molecule has 0 aromatic heterocycles. The summed E-state index contributed by atoms with van der Waals surface area (Å²) in [5.41, 5.74) is 2.87. The number of nitrogens with zero attached hydrogens (tertiary/aromatic N) is 2. The third kappa shape index (κ3) is 7.03. The molecule has 0 unspecified atom stereocenters. The minimum Gasteiger partial charge on any atom is -0.490 e. The molecule has 2 fully saturated rings. The van der Waals surface area contributed by atoms with Crippen molar-refractivity contribution < 1.29 is 32.2 Å². The van der Waals surface area contributed by atoms with Crippen LogP contribution in [0.2, 0.25) is 5.02 Å². The highest BCUT2D eigenvalue weighted by atomic mass is 35.5. The van der Waals surface area contributed by atoms with Gasteiger partial charge < -0.3 is 24.0 Å². The maximum atomic E-state index is 14.0. The number of halogens is 1. The number of aryl methyl sites for hydroxylation is 1. The van der Waals surface area contributed by atoms with Crippen molar-refractivity contribution in [2.75, 3.05) is 58.0 Å². The molecule has 270 valence electrons. The number of fused-ring (bicyclic) bond motifs is 4. The quantitative estimate of drug-likeness (QED) is 0.434. The van der Waals surface area contributed by atoms with Gasteiger partial charge in [0.15, 0.2) is 0 Å². The van der Waals surface area contributed by atoms with Gasteiger partial charge in [-0.1, -0.05) is 36.7 Å². The van der Waals surface area contributed by atoms with Crippen LogP contribution in [-0.2, 0) is 40.9 Å². The fourth-order valence-electron chi connectivity index (χ4n) is 8.74. The lowest BCUT2D eigenvalue weighted by molar-refractivity contribution is -0.140. The summed E-state index contributed by atoms with van der Waals surface area (Å²) in [5.74, 6) is -0.775. The predicted octanol–water partition coefficient (Wildman–Crippen LogP) is 5.12. The van der Waals surface area contributed by atoms with Crippen LogP contribution in [0.1, 0.15) is 56.6 Å². The minimum absolute atomic E-state index is 0.0113. The van der Waals surface area contributed by atoms with Gasteiger partial charge in [0.1, 0.15) is 5.75 Å². The molecule has 50 heavy (non-hydrogen) atoms. The van der Waals surface area contributed by atoms with Gasteiger partial charge in [0.05, 0.1) is 42.4 Å². The van der Waals surface area contributed by atoms with Crippen molar-refractivity contribution in [1.29, 1.82) is 0 Å². The average Bonchev–Trinajstić information content (AvgIpc) is 3.24. The number of nitrogens with one attached hydrogen (secondary N) is 1. The molecule has 1 N–H and O–H groups in total. The fourth-order valence-corrected chi connectivity index (χ4v) is 9.98. The van der Waals surface area contributed by atoms with Gasteiger partial charge >= 0.3 is 0 Å². The Kier molecular flexibility index (Phi) is 10.2. The Bertz CT molecular complexity index is 1750. The van der Waals surface area contributed by atoms with E-state index < -0.39 is 21.8 Å². The Hall–Kier alpha value is -3.12. The molecule has 3 aliphatic heterocycles. The van der Waals surface area contributed by atoms with E-state index in [1.54, 1.807) is 24.1 Å². The summed E-state index contributed by atoms with van der Waals surface area (Å²) >= 11 is 6.44. The van der Waals surface area contributed by atoms with E-state index in [9.17, 15) is 18.0 Å². The lowest BCUT2D eigenvalue weighted by Crippen LogP contribution is -2.49. The molecule has 2 aromatic carbocycles. The number of amides is 2. The minimum atomic E-state index is -4.28. The van der Waals surface area contributed by atoms with E-state index in [0.717, 1.165) is 43.7 Å². The largest absolute Gasteiger partial charge is 0.490 e. The third-order valence-corrected chi connectivity index (χ3v) is 13.4. The Labute approximate surface area is 300 Å². The van der Waals surface area contributed by atoms with Crippen LogP contribution >= 0.6 is 11.6 Å². The van der Waals surface area contributed by atoms with Crippen LogP contribution in [0.3, 0.4) is 0 Å². The third-order valence-electron chi connectivity index (χ3n) is 11.8. The predicted molar refractivity (Wildman–Crippen MR) is 191 cm³/mol. The number of allylic oxidation sites excluding steroid dienone is 1. The van der Waals surface area contributed by atoms with Gasteiger partial charge in [-0.15, -0.1) is 0 Å². The Morgan fingerprint density at radius 3 is 2.72 bits per heavy atom. The standard InChI is InChI=1S/C38H48ClN3O7S/c1-25-5-3-7-34(47-2)30-11-8-27(30)22-42-23-38(14-4-6-26-19-28(39)9-12-32(26)38)24-49-35-13-10-29(20-33(35)42)50(45,46)40-37(44)31(25)21-36(43)41-15-17-48-18-16-41/h3,7,9-10,12-13,19-20,25,27,30-31,34H,4-6,8,11,14-18,21-24H2,1-2H3,(H,40,44)/b7-3+/t25-,27-,30+,31+,34+,38-/m0/s1. The lowest BCUT2D eigenvalue weighted by Gasteiger charge is -2.46. The second kappa shape index (κ2) is 14.5. The summed E-state index contributed by atoms with van der Waals surface area (Å²) in [7, 11) is -2.53. The molecule has 3 heterocycles. The van der Waals surface area contributed by atoms with Crippen LogP contribution in [0.15, 0.2) is 53.4 Å². The van der Waals surface area contributed by atoms with Crippen molar-refractivity contribution in [2.24, 2.45) is 23.7 Å². The molecule has 2 bridgehead atoms. The van der Waals surface area contributed by atoms with Gasteiger partial charge in [-0.05, 0) is 97.7 Å². The fraction of sp³-hybridized carbons (Fsp3) is 0.579. The van der Waals surface area contributed by atoms with Gasteiger partial charge in [0.2, 0.25) is 11.8 Å². The zero-order valence-corrected chi connectivity index (χ0v) is 30.5. The van der Waals surface area contributed by atoms with E-state index >= 15 is 0 Å². The van der Waals surface area contributed by atoms with Crippen LogP contribution in [0.25, 0.3) is 0 Å². The summed E-state index contributed by atoms with van der Waals surface area (Å²) in [4.78, 5) is 31.2. The van der Waals surface area contributed by atoms with E-state index in [4.69, 9.17) is 25.8 Å². The number of carbonyl (C=O) groups is 2. The Morgan fingerprint density at radius 1 is 1.14 bits per heavy atom. The molecule has 1 saturated heterocycles. The first-order valence-electron chi connectivity index (χ1n) is 18.0. The van der Waals surface area contributed by atoms with Gasteiger partial charge in [-0.2, -0.15) is 0 Å². The summed E-state index contributed by atoms with van der Waals surface area (Å²) in [6, 6.07) is 11.0. The van der Waals surface area contributed by atoms with Crippen LogP contribution < -0.4 is 14.4 Å². The molecule has 6 atom stereocenters. The number of sulfonamides is 1. The normalized spacial score (nSPS) is 31.7. The first-order chi connectivity index (χ1) is 24.1. The smallest absolute Gasteiger partial charge is 0.264 e. The molecule has 10 nitrogen and oxygen atoms in total. The second-order valence-corrected chi connectivity index (χ2v) is 17.0. The zero-order valence-electron chi connectivity index (χ0n) is 28.9. The number of morpholine rings is 1. The molecular weight excluding hydrogens is 678 g/mol. The number of methoxy groups -OCH3 is 1. The van der Waals surface area contributed by atoms with E-state index in [0.29, 0.717) is 63.2 Å². The van der Waals surface area contributed by atoms with E-state index in [-0.39, 0.29) is 40.6 Å². The highest BCUT2D eigenvalue weighted by Crippen LogP contribution is 2.47. The zero-order chi connectivity index (χ0) is 35.0.